The summed E-state index contributed by atoms with van der Waals surface area (Å²) in [7, 11) is 1.99. The quantitative estimate of drug-likeness (QED) is 0.913. The Hall–Kier alpha value is -1.74. The third-order valence-electron chi connectivity index (χ3n) is 3.62. The summed E-state index contributed by atoms with van der Waals surface area (Å²) in [6, 6.07) is 12.8. The highest BCUT2D eigenvalue weighted by Gasteiger charge is 2.24. The fraction of sp³-hybridized carbons (Fsp3) is 0.375. The van der Waals surface area contributed by atoms with Crippen LogP contribution in [0.3, 0.4) is 0 Å². The first-order valence-corrected chi connectivity index (χ1v) is 6.87. The second-order valence-electron chi connectivity index (χ2n) is 5.11. The lowest BCUT2D eigenvalue weighted by atomic mass is 10.1. The highest BCUT2D eigenvalue weighted by atomic mass is 16.5. The van der Waals surface area contributed by atoms with Crippen LogP contribution in [0.1, 0.15) is 6.92 Å². The molecule has 2 aromatic rings. The van der Waals surface area contributed by atoms with Crippen molar-refractivity contribution in [2.45, 2.75) is 13.0 Å². The van der Waals surface area contributed by atoms with Crippen molar-refractivity contribution in [3.63, 3.8) is 0 Å². The van der Waals surface area contributed by atoms with E-state index in [1.165, 1.54) is 16.5 Å². The van der Waals surface area contributed by atoms with E-state index >= 15 is 0 Å². The van der Waals surface area contributed by atoms with Gasteiger partial charge in [0.2, 0.25) is 0 Å². The average molecular weight is 256 g/mol. The summed E-state index contributed by atoms with van der Waals surface area (Å²) in [5.41, 5.74) is 1.24. The molecule has 3 heteroatoms. The van der Waals surface area contributed by atoms with E-state index in [9.17, 15) is 0 Å². The first-order chi connectivity index (χ1) is 9.29. The molecule has 0 saturated carbocycles. The van der Waals surface area contributed by atoms with Gasteiger partial charge in [0, 0.05) is 18.5 Å². The molecular weight excluding hydrogens is 236 g/mol. The van der Waals surface area contributed by atoms with Crippen LogP contribution >= 0.6 is 0 Å². The lowest BCUT2D eigenvalue weighted by molar-refractivity contribution is 0.213. The molecular formula is C16H20N2O. The van der Waals surface area contributed by atoms with Crippen molar-refractivity contribution < 1.29 is 4.74 Å². The molecule has 1 unspecified atom stereocenters. The number of benzene rings is 2. The van der Waals surface area contributed by atoms with Crippen LogP contribution in [0.4, 0.5) is 5.69 Å². The second kappa shape index (κ2) is 5.10. The number of anilines is 1. The van der Waals surface area contributed by atoms with Crippen molar-refractivity contribution in [2.24, 2.45) is 0 Å². The number of hydrogen-bond acceptors (Lipinski definition) is 3. The van der Waals surface area contributed by atoms with Crippen molar-refractivity contribution in [3.05, 3.63) is 36.4 Å². The van der Waals surface area contributed by atoms with Gasteiger partial charge in [-0.1, -0.05) is 30.3 Å². The summed E-state index contributed by atoms with van der Waals surface area (Å²) in [4.78, 5) is 2.43. The van der Waals surface area contributed by atoms with Gasteiger partial charge in [-0.2, -0.15) is 0 Å². The van der Waals surface area contributed by atoms with Gasteiger partial charge in [-0.05, 0) is 25.4 Å². The van der Waals surface area contributed by atoms with E-state index in [0.717, 1.165) is 25.4 Å². The number of nitrogens with one attached hydrogen (secondary N) is 1. The highest BCUT2D eigenvalue weighted by molar-refractivity contribution is 5.97. The van der Waals surface area contributed by atoms with Crippen LogP contribution in [0.25, 0.3) is 10.8 Å². The summed E-state index contributed by atoms with van der Waals surface area (Å²) >= 11 is 0. The molecule has 1 heterocycles. The monoisotopic (exact) mass is 256 g/mol. The molecule has 0 aliphatic carbocycles. The van der Waals surface area contributed by atoms with E-state index in [0.29, 0.717) is 0 Å². The molecule has 19 heavy (non-hydrogen) atoms. The maximum absolute atomic E-state index is 5.99. The lowest BCUT2D eigenvalue weighted by Gasteiger charge is -2.36. The minimum Gasteiger partial charge on any atom is -0.487 e. The molecule has 2 aromatic carbocycles. The van der Waals surface area contributed by atoms with Crippen LogP contribution in [0, 0.1) is 0 Å². The van der Waals surface area contributed by atoms with Crippen molar-refractivity contribution in [1.29, 1.82) is 0 Å². The molecule has 1 aliphatic heterocycles. The van der Waals surface area contributed by atoms with Gasteiger partial charge in [0.25, 0.3) is 0 Å². The molecule has 3 nitrogen and oxygen atoms in total. The largest absolute Gasteiger partial charge is 0.487 e. The summed E-state index contributed by atoms with van der Waals surface area (Å²) in [5, 5.41) is 5.78. The van der Waals surface area contributed by atoms with Gasteiger partial charge in [-0.25, -0.2) is 0 Å². The summed E-state index contributed by atoms with van der Waals surface area (Å²) in [6.07, 6.45) is 0.241. The molecule has 0 amide bonds. The number of ether oxygens (including phenoxy) is 1. The number of rotatable bonds is 3. The summed E-state index contributed by atoms with van der Waals surface area (Å²) in [6.45, 7) is 5.06. The van der Waals surface area contributed by atoms with Crippen LogP contribution < -0.4 is 15.0 Å². The zero-order chi connectivity index (χ0) is 13.2. The topological polar surface area (TPSA) is 24.5 Å². The smallest absolute Gasteiger partial charge is 0.143 e. The molecule has 3 rings (SSSR count). The van der Waals surface area contributed by atoms with Gasteiger partial charge in [0.1, 0.15) is 11.9 Å². The average Bonchev–Trinajstić information content (AvgIpc) is 2.44. The Morgan fingerprint density at radius 3 is 2.95 bits per heavy atom. The van der Waals surface area contributed by atoms with E-state index in [2.05, 4.69) is 53.5 Å². The van der Waals surface area contributed by atoms with E-state index in [4.69, 9.17) is 4.74 Å². The standard InChI is InChI=1S/C16H20N2O/c1-12-11-18(10-9-17-2)16-14-6-4-3-5-13(14)7-8-15(16)19-12/h3-8,12,17H,9-11H2,1-2H3. The van der Waals surface area contributed by atoms with Crippen LogP contribution in [0.2, 0.25) is 0 Å². The Balaban J connectivity index is 2.10. The number of fused-ring (bicyclic) bond motifs is 3. The van der Waals surface area contributed by atoms with Crippen molar-refractivity contribution in [1.82, 2.24) is 5.32 Å². The number of nitrogens with zero attached hydrogens (tertiary/aromatic N) is 1. The SMILES string of the molecule is CNCCN1CC(C)Oc2ccc3ccccc3c21. The Labute approximate surface area is 114 Å². The zero-order valence-corrected chi connectivity index (χ0v) is 11.5. The Morgan fingerprint density at radius 1 is 1.26 bits per heavy atom. The third kappa shape index (κ3) is 2.26. The molecule has 0 spiro atoms. The predicted molar refractivity (Wildman–Crippen MR) is 80.2 cm³/mol. The van der Waals surface area contributed by atoms with E-state index < -0.39 is 0 Å². The van der Waals surface area contributed by atoms with E-state index in [1.54, 1.807) is 0 Å². The van der Waals surface area contributed by atoms with Crippen LogP contribution in [-0.4, -0.2) is 32.8 Å². The molecule has 1 atom stereocenters. The minimum absolute atomic E-state index is 0.241. The van der Waals surface area contributed by atoms with Gasteiger partial charge in [-0.3, -0.25) is 0 Å². The maximum atomic E-state index is 5.99. The van der Waals surface area contributed by atoms with Crippen LogP contribution in [0.5, 0.6) is 5.75 Å². The summed E-state index contributed by atoms with van der Waals surface area (Å²) in [5.74, 6) is 1.01. The first kappa shape index (κ1) is 12.3. The molecule has 0 radical (unpaired) electrons. The van der Waals surface area contributed by atoms with Crippen molar-refractivity contribution in [3.8, 4) is 5.75 Å². The van der Waals surface area contributed by atoms with E-state index in [-0.39, 0.29) is 6.10 Å². The van der Waals surface area contributed by atoms with Gasteiger partial charge in [0.15, 0.2) is 0 Å². The van der Waals surface area contributed by atoms with Gasteiger partial charge >= 0.3 is 0 Å². The predicted octanol–water partition coefficient (Wildman–Crippen LogP) is 2.65. The van der Waals surface area contributed by atoms with Crippen LogP contribution in [-0.2, 0) is 0 Å². The Kier molecular flexibility index (Phi) is 3.30. The molecule has 1 aliphatic rings. The van der Waals surface area contributed by atoms with Gasteiger partial charge in [-0.15, -0.1) is 0 Å². The van der Waals surface area contributed by atoms with E-state index in [1.807, 2.05) is 7.05 Å². The molecule has 0 aromatic heterocycles. The van der Waals surface area contributed by atoms with Crippen LogP contribution in [0.15, 0.2) is 36.4 Å². The molecule has 0 saturated heterocycles. The fourth-order valence-corrected chi connectivity index (χ4v) is 2.76. The van der Waals surface area contributed by atoms with Gasteiger partial charge in [0.05, 0.1) is 12.2 Å². The molecule has 0 fully saturated rings. The summed E-state index contributed by atoms with van der Waals surface area (Å²) < 4.78 is 5.99. The number of likely N-dealkylation sites (N-methyl/N-ethyl adjacent to an activating group) is 1. The van der Waals surface area contributed by atoms with Crippen molar-refractivity contribution in [2.75, 3.05) is 31.6 Å². The number of hydrogen-bond donors (Lipinski definition) is 1. The Bertz CT molecular complexity index is 582. The minimum atomic E-state index is 0.241. The zero-order valence-electron chi connectivity index (χ0n) is 11.5. The first-order valence-electron chi connectivity index (χ1n) is 6.87. The maximum Gasteiger partial charge on any atom is 0.143 e. The van der Waals surface area contributed by atoms with Crippen molar-refractivity contribution >= 4 is 16.5 Å². The molecule has 0 bridgehead atoms. The molecule has 100 valence electrons. The Morgan fingerprint density at radius 2 is 2.11 bits per heavy atom. The fourth-order valence-electron chi connectivity index (χ4n) is 2.76. The third-order valence-corrected chi connectivity index (χ3v) is 3.62. The van der Waals surface area contributed by atoms with Gasteiger partial charge < -0.3 is 15.0 Å². The highest BCUT2D eigenvalue weighted by Crippen LogP contribution is 2.39. The molecule has 1 N–H and O–H groups in total. The second-order valence-corrected chi connectivity index (χ2v) is 5.11. The normalized spacial score (nSPS) is 18.2. The lowest BCUT2D eigenvalue weighted by Crippen LogP contribution is -2.41.